The van der Waals surface area contributed by atoms with Gasteiger partial charge in [-0.3, -0.25) is 14.5 Å². The van der Waals surface area contributed by atoms with Crippen molar-refractivity contribution in [3.8, 4) is 0 Å². The van der Waals surface area contributed by atoms with Crippen molar-refractivity contribution in [3.05, 3.63) is 35.4 Å². The summed E-state index contributed by atoms with van der Waals surface area (Å²) in [6.07, 6.45) is 0. The van der Waals surface area contributed by atoms with Crippen LogP contribution in [0.3, 0.4) is 0 Å². The Balaban J connectivity index is 1.72. The quantitative estimate of drug-likeness (QED) is 0.712. The highest BCUT2D eigenvalue weighted by Crippen LogP contribution is 2.48. The molecule has 4 rings (SSSR count). The highest BCUT2D eigenvalue weighted by Gasteiger charge is 2.60. The van der Waals surface area contributed by atoms with E-state index in [0.29, 0.717) is 23.0 Å². The molecule has 4 heteroatoms. The van der Waals surface area contributed by atoms with Crippen LogP contribution in [-0.4, -0.2) is 35.8 Å². The number of piperidine rings is 1. The minimum atomic E-state index is -0.106. The Morgan fingerprint density at radius 2 is 1.53 bits per heavy atom. The lowest BCUT2D eigenvalue weighted by molar-refractivity contribution is 0.0624. The van der Waals surface area contributed by atoms with Gasteiger partial charge in [-0.1, -0.05) is 12.1 Å². The molecule has 2 atom stereocenters. The molecule has 0 radical (unpaired) electrons. The van der Waals surface area contributed by atoms with Gasteiger partial charge in [0.2, 0.25) is 0 Å². The number of nitrogens with zero attached hydrogens (tertiary/aromatic N) is 1. The summed E-state index contributed by atoms with van der Waals surface area (Å²) in [5, 5.41) is 3.28. The van der Waals surface area contributed by atoms with Crippen molar-refractivity contribution in [2.24, 2.45) is 11.8 Å². The lowest BCUT2D eigenvalue weighted by Gasteiger charge is -2.16. The molecule has 1 N–H and O–H groups in total. The average molecular weight is 228 g/mol. The Bertz CT molecular complexity index is 495. The zero-order valence-electron chi connectivity index (χ0n) is 9.22. The smallest absolute Gasteiger partial charge is 0.261 e. The van der Waals surface area contributed by atoms with Crippen molar-refractivity contribution < 1.29 is 9.59 Å². The maximum Gasteiger partial charge on any atom is 0.261 e. The second-order valence-corrected chi connectivity index (χ2v) is 5.00. The molecule has 3 aliphatic rings. The first-order valence-corrected chi connectivity index (χ1v) is 5.96. The molecule has 17 heavy (non-hydrogen) atoms. The van der Waals surface area contributed by atoms with Crippen LogP contribution in [0.2, 0.25) is 0 Å². The summed E-state index contributed by atoms with van der Waals surface area (Å²) in [5.41, 5.74) is 1.13. The number of imide groups is 1. The van der Waals surface area contributed by atoms with E-state index < -0.39 is 0 Å². The number of nitrogens with one attached hydrogen (secondary N) is 1. The van der Waals surface area contributed by atoms with Gasteiger partial charge in [-0.25, -0.2) is 0 Å². The fourth-order valence-electron chi connectivity index (χ4n) is 3.25. The van der Waals surface area contributed by atoms with Gasteiger partial charge in [-0.2, -0.15) is 0 Å². The lowest BCUT2D eigenvalue weighted by atomic mass is 10.1. The molecule has 1 aromatic rings. The van der Waals surface area contributed by atoms with Crippen molar-refractivity contribution in [1.29, 1.82) is 0 Å². The predicted octanol–water partition coefficient (Wildman–Crippen LogP) is 0.500. The average Bonchev–Trinajstić information content (AvgIpc) is 2.74. The molecule has 0 bridgehead atoms. The van der Waals surface area contributed by atoms with E-state index in [9.17, 15) is 9.59 Å². The molecular formula is C13H12N2O2. The summed E-state index contributed by atoms with van der Waals surface area (Å²) in [6.45, 7) is 1.87. The van der Waals surface area contributed by atoms with E-state index in [4.69, 9.17) is 0 Å². The normalized spacial score (nSPS) is 33.9. The third-order valence-corrected chi connectivity index (χ3v) is 4.17. The minimum absolute atomic E-state index is 0.106. The summed E-state index contributed by atoms with van der Waals surface area (Å²) in [5.74, 6) is 0.754. The molecule has 4 nitrogen and oxygen atoms in total. The zero-order valence-corrected chi connectivity index (χ0v) is 9.22. The van der Waals surface area contributed by atoms with Crippen molar-refractivity contribution in [2.45, 2.75) is 6.04 Å². The van der Waals surface area contributed by atoms with Gasteiger partial charge in [0.1, 0.15) is 0 Å². The molecule has 2 aliphatic heterocycles. The summed E-state index contributed by atoms with van der Waals surface area (Å²) in [6, 6.07) is 7.24. The van der Waals surface area contributed by atoms with Crippen molar-refractivity contribution in [1.82, 2.24) is 10.2 Å². The van der Waals surface area contributed by atoms with Crippen LogP contribution in [0.1, 0.15) is 20.7 Å². The molecule has 1 saturated heterocycles. The third kappa shape index (κ3) is 1.06. The van der Waals surface area contributed by atoms with Crippen LogP contribution in [0.25, 0.3) is 0 Å². The Morgan fingerprint density at radius 1 is 1.00 bits per heavy atom. The molecule has 1 aliphatic carbocycles. The summed E-state index contributed by atoms with van der Waals surface area (Å²) >= 11 is 0. The second kappa shape index (κ2) is 2.96. The standard InChI is InChI=1S/C13H12N2O2/c16-12-7-3-1-2-4-8(7)13(17)15(12)11-9-5-14-6-10(9)11/h1-4,9-11,14H,5-6H2. The highest BCUT2D eigenvalue weighted by atomic mass is 16.2. The minimum Gasteiger partial charge on any atom is -0.316 e. The van der Waals surface area contributed by atoms with Crippen LogP contribution < -0.4 is 5.32 Å². The largest absolute Gasteiger partial charge is 0.316 e. The van der Waals surface area contributed by atoms with Crippen LogP contribution >= 0.6 is 0 Å². The number of benzene rings is 1. The number of fused-ring (bicyclic) bond motifs is 2. The fourth-order valence-corrected chi connectivity index (χ4v) is 3.25. The molecular weight excluding hydrogens is 216 g/mol. The van der Waals surface area contributed by atoms with E-state index in [2.05, 4.69) is 5.32 Å². The van der Waals surface area contributed by atoms with Crippen LogP contribution in [0, 0.1) is 11.8 Å². The first-order valence-electron chi connectivity index (χ1n) is 5.96. The number of carbonyl (C=O) groups excluding carboxylic acids is 2. The molecule has 1 aromatic carbocycles. The number of hydrogen-bond donors (Lipinski definition) is 1. The third-order valence-electron chi connectivity index (χ3n) is 4.17. The highest BCUT2D eigenvalue weighted by molar-refractivity contribution is 6.21. The zero-order chi connectivity index (χ0) is 11.6. The first kappa shape index (κ1) is 9.36. The Morgan fingerprint density at radius 3 is 2.06 bits per heavy atom. The molecule has 1 saturated carbocycles. The summed E-state index contributed by atoms with van der Waals surface area (Å²) in [4.78, 5) is 25.9. The maximum atomic E-state index is 12.2. The SMILES string of the molecule is O=C1c2ccccc2C(=O)N1C1C2CNCC21. The van der Waals surface area contributed by atoms with E-state index in [1.807, 2.05) is 12.1 Å². The van der Waals surface area contributed by atoms with Gasteiger partial charge in [-0.05, 0) is 24.0 Å². The number of amides is 2. The Hall–Kier alpha value is -1.68. The Labute approximate surface area is 98.6 Å². The number of carbonyl (C=O) groups is 2. The van der Waals surface area contributed by atoms with Crippen molar-refractivity contribution >= 4 is 11.8 Å². The molecule has 2 amide bonds. The fraction of sp³-hybridized carbons (Fsp3) is 0.385. The van der Waals surface area contributed by atoms with Gasteiger partial charge in [0.15, 0.2) is 0 Å². The van der Waals surface area contributed by atoms with Crippen LogP contribution in [0.15, 0.2) is 24.3 Å². The molecule has 86 valence electrons. The topological polar surface area (TPSA) is 49.4 Å². The Kier molecular flexibility index (Phi) is 1.63. The van der Waals surface area contributed by atoms with Gasteiger partial charge in [-0.15, -0.1) is 0 Å². The van der Waals surface area contributed by atoms with Gasteiger partial charge >= 0.3 is 0 Å². The number of rotatable bonds is 1. The van der Waals surface area contributed by atoms with E-state index in [1.165, 1.54) is 4.90 Å². The first-order chi connectivity index (χ1) is 8.29. The lowest BCUT2D eigenvalue weighted by Crippen LogP contribution is -2.37. The van der Waals surface area contributed by atoms with Gasteiger partial charge in [0.05, 0.1) is 11.1 Å². The van der Waals surface area contributed by atoms with Crippen LogP contribution in [0.4, 0.5) is 0 Å². The molecule has 2 unspecified atom stereocenters. The summed E-state index contributed by atoms with van der Waals surface area (Å²) < 4.78 is 0. The van der Waals surface area contributed by atoms with Crippen LogP contribution in [0.5, 0.6) is 0 Å². The van der Waals surface area contributed by atoms with Gasteiger partial charge in [0.25, 0.3) is 11.8 Å². The molecule has 0 spiro atoms. The van der Waals surface area contributed by atoms with Crippen molar-refractivity contribution in [2.75, 3.05) is 13.1 Å². The van der Waals surface area contributed by atoms with E-state index >= 15 is 0 Å². The van der Waals surface area contributed by atoms with Crippen LogP contribution in [-0.2, 0) is 0 Å². The molecule has 2 heterocycles. The number of hydrogen-bond acceptors (Lipinski definition) is 3. The second-order valence-electron chi connectivity index (χ2n) is 5.00. The predicted molar refractivity (Wildman–Crippen MR) is 60.6 cm³/mol. The van der Waals surface area contributed by atoms with Gasteiger partial charge in [0, 0.05) is 19.1 Å². The monoisotopic (exact) mass is 228 g/mol. The van der Waals surface area contributed by atoms with Crippen molar-refractivity contribution in [3.63, 3.8) is 0 Å². The van der Waals surface area contributed by atoms with Gasteiger partial charge < -0.3 is 5.32 Å². The van der Waals surface area contributed by atoms with E-state index in [0.717, 1.165) is 13.1 Å². The molecule has 2 fully saturated rings. The summed E-state index contributed by atoms with van der Waals surface area (Å²) in [7, 11) is 0. The molecule has 0 aromatic heterocycles. The van der Waals surface area contributed by atoms with E-state index in [1.54, 1.807) is 12.1 Å². The van der Waals surface area contributed by atoms with E-state index in [-0.39, 0.29) is 17.9 Å². The maximum absolute atomic E-state index is 12.2.